The molecule has 0 fully saturated rings. The number of rotatable bonds is 6. The van der Waals surface area contributed by atoms with Crippen LogP contribution in [0.3, 0.4) is 0 Å². The molecule has 0 saturated carbocycles. The Morgan fingerprint density at radius 3 is 2.50 bits per heavy atom. The molecule has 0 saturated heterocycles. The molecule has 2 N–H and O–H groups in total. The standard InChI is InChI=1S/C12H15NO6S/c1-8(12(16)19-2)20(17,18)13-10-6-4-3-5-9(10)7-11(14)15/h3-6,8,13H,7H2,1-2H3,(H,14,15). The van der Waals surface area contributed by atoms with Gasteiger partial charge >= 0.3 is 11.9 Å². The molecule has 0 spiro atoms. The third kappa shape index (κ3) is 3.95. The summed E-state index contributed by atoms with van der Waals surface area (Å²) in [5.74, 6) is -1.98. The van der Waals surface area contributed by atoms with Gasteiger partial charge in [0.1, 0.15) is 0 Å². The van der Waals surface area contributed by atoms with Gasteiger partial charge in [0.15, 0.2) is 5.25 Å². The van der Waals surface area contributed by atoms with Crippen LogP contribution in [0.5, 0.6) is 0 Å². The van der Waals surface area contributed by atoms with Gasteiger partial charge in [-0.1, -0.05) is 18.2 Å². The molecular formula is C12H15NO6S. The maximum absolute atomic E-state index is 12.0. The van der Waals surface area contributed by atoms with Crippen molar-refractivity contribution in [3.8, 4) is 0 Å². The summed E-state index contributed by atoms with van der Waals surface area (Å²) in [5.41, 5.74) is 0.436. The number of carboxylic acids is 1. The van der Waals surface area contributed by atoms with Crippen molar-refractivity contribution in [2.75, 3.05) is 11.8 Å². The van der Waals surface area contributed by atoms with Crippen LogP contribution in [0.15, 0.2) is 24.3 Å². The Bertz CT molecular complexity index is 610. The van der Waals surface area contributed by atoms with Gasteiger partial charge in [-0.2, -0.15) is 0 Å². The van der Waals surface area contributed by atoms with Crippen LogP contribution < -0.4 is 4.72 Å². The van der Waals surface area contributed by atoms with E-state index in [0.29, 0.717) is 5.56 Å². The zero-order chi connectivity index (χ0) is 15.3. The fourth-order valence-corrected chi connectivity index (χ4v) is 2.50. The molecule has 0 aliphatic rings. The van der Waals surface area contributed by atoms with E-state index in [4.69, 9.17) is 5.11 Å². The van der Waals surface area contributed by atoms with Gasteiger partial charge in [0.2, 0.25) is 10.0 Å². The molecule has 1 unspecified atom stereocenters. The Labute approximate surface area is 116 Å². The van der Waals surface area contributed by atoms with Crippen molar-refractivity contribution in [3.05, 3.63) is 29.8 Å². The number of carbonyl (C=O) groups is 2. The highest BCUT2D eigenvalue weighted by Crippen LogP contribution is 2.19. The van der Waals surface area contributed by atoms with Gasteiger partial charge in [0, 0.05) is 0 Å². The smallest absolute Gasteiger partial charge is 0.325 e. The van der Waals surface area contributed by atoms with Crippen LogP contribution in [-0.4, -0.2) is 37.8 Å². The van der Waals surface area contributed by atoms with E-state index in [9.17, 15) is 18.0 Å². The van der Waals surface area contributed by atoms with E-state index in [1.165, 1.54) is 19.1 Å². The monoisotopic (exact) mass is 301 g/mol. The number of ether oxygens (including phenoxy) is 1. The van der Waals surface area contributed by atoms with Crippen molar-refractivity contribution in [2.45, 2.75) is 18.6 Å². The van der Waals surface area contributed by atoms with Crippen LogP contribution >= 0.6 is 0 Å². The number of benzene rings is 1. The fraction of sp³-hybridized carbons (Fsp3) is 0.333. The molecule has 1 aromatic carbocycles. The molecule has 110 valence electrons. The maximum Gasteiger partial charge on any atom is 0.325 e. The molecule has 20 heavy (non-hydrogen) atoms. The van der Waals surface area contributed by atoms with Gasteiger partial charge in [-0.25, -0.2) is 8.42 Å². The number of hydrogen-bond acceptors (Lipinski definition) is 5. The highest BCUT2D eigenvalue weighted by atomic mass is 32.2. The lowest BCUT2D eigenvalue weighted by Gasteiger charge is -2.15. The number of carboxylic acid groups (broad SMARTS) is 1. The molecule has 1 atom stereocenters. The molecular weight excluding hydrogens is 286 g/mol. The lowest BCUT2D eigenvalue weighted by Crippen LogP contribution is -2.33. The molecule has 1 rings (SSSR count). The molecule has 7 nitrogen and oxygen atoms in total. The minimum absolute atomic E-state index is 0.130. The van der Waals surface area contributed by atoms with Crippen LogP contribution in [0, 0.1) is 0 Å². The highest BCUT2D eigenvalue weighted by molar-refractivity contribution is 7.94. The number of hydrogen-bond donors (Lipinski definition) is 2. The molecule has 8 heteroatoms. The van der Waals surface area contributed by atoms with E-state index in [2.05, 4.69) is 9.46 Å². The second-order valence-electron chi connectivity index (χ2n) is 4.04. The first-order chi connectivity index (χ1) is 9.27. The van der Waals surface area contributed by atoms with E-state index < -0.39 is 27.2 Å². The summed E-state index contributed by atoms with van der Waals surface area (Å²) in [4.78, 5) is 22.0. The van der Waals surface area contributed by atoms with Gasteiger partial charge in [-0.15, -0.1) is 0 Å². The molecule has 0 aliphatic carbocycles. The molecule has 0 aromatic heterocycles. The lowest BCUT2D eigenvalue weighted by atomic mass is 10.1. The topological polar surface area (TPSA) is 110 Å². The average molecular weight is 301 g/mol. The van der Waals surface area contributed by atoms with Crippen molar-refractivity contribution in [2.24, 2.45) is 0 Å². The number of aliphatic carboxylic acids is 1. The summed E-state index contributed by atoms with van der Waals surface area (Å²) in [5, 5.41) is 7.38. The van der Waals surface area contributed by atoms with Crippen molar-refractivity contribution in [1.29, 1.82) is 0 Å². The molecule has 0 heterocycles. The lowest BCUT2D eigenvalue weighted by molar-refractivity contribution is -0.140. The van der Waals surface area contributed by atoms with Gasteiger partial charge in [-0.05, 0) is 18.6 Å². The zero-order valence-corrected chi connectivity index (χ0v) is 11.8. The van der Waals surface area contributed by atoms with Crippen LogP contribution in [-0.2, 0) is 30.8 Å². The maximum atomic E-state index is 12.0. The minimum Gasteiger partial charge on any atom is -0.481 e. The van der Waals surface area contributed by atoms with Crippen molar-refractivity contribution < 1.29 is 27.9 Å². The molecule has 0 bridgehead atoms. The first-order valence-corrected chi connectivity index (χ1v) is 7.21. The molecule has 0 aliphatic heterocycles. The number of para-hydroxylation sites is 1. The third-order valence-corrected chi connectivity index (χ3v) is 4.24. The zero-order valence-electron chi connectivity index (χ0n) is 11.0. The normalized spacial score (nSPS) is 12.5. The third-order valence-electron chi connectivity index (χ3n) is 2.61. The number of nitrogens with one attached hydrogen (secondary N) is 1. The summed E-state index contributed by atoms with van der Waals surface area (Å²) in [6, 6.07) is 6.08. The van der Waals surface area contributed by atoms with Gasteiger partial charge in [0.05, 0.1) is 19.2 Å². The van der Waals surface area contributed by atoms with E-state index in [1.54, 1.807) is 12.1 Å². The Hall–Kier alpha value is -2.09. The van der Waals surface area contributed by atoms with E-state index in [0.717, 1.165) is 7.11 Å². The predicted octanol–water partition coefficient (Wildman–Crippen LogP) is 0.617. The van der Waals surface area contributed by atoms with E-state index >= 15 is 0 Å². The minimum atomic E-state index is -4.00. The van der Waals surface area contributed by atoms with Crippen LogP contribution in [0.1, 0.15) is 12.5 Å². The summed E-state index contributed by atoms with van der Waals surface area (Å²) in [6.07, 6.45) is -0.328. The van der Waals surface area contributed by atoms with Crippen molar-refractivity contribution in [1.82, 2.24) is 0 Å². The van der Waals surface area contributed by atoms with E-state index in [-0.39, 0.29) is 12.1 Å². The van der Waals surface area contributed by atoms with Crippen molar-refractivity contribution in [3.63, 3.8) is 0 Å². The largest absolute Gasteiger partial charge is 0.481 e. The Balaban J connectivity index is 3.04. The van der Waals surface area contributed by atoms with Crippen LogP contribution in [0.25, 0.3) is 0 Å². The first-order valence-electron chi connectivity index (χ1n) is 5.67. The van der Waals surface area contributed by atoms with Gasteiger partial charge < -0.3 is 9.84 Å². The molecule has 0 radical (unpaired) electrons. The SMILES string of the molecule is COC(=O)C(C)S(=O)(=O)Nc1ccccc1CC(=O)O. The Morgan fingerprint density at radius 2 is 1.95 bits per heavy atom. The second kappa shape index (κ2) is 6.38. The quantitative estimate of drug-likeness (QED) is 0.745. The van der Waals surface area contributed by atoms with Crippen LogP contribution in [0.2, 0.25) is 0 Å². The molecule has 0 amide bonds. The highest BCUT2D eigenvalue weighted by Gasteiger charge is 2.29. The van der Waals surface area contributed by atoms with Gasteiger partial charge in [-0.3, -0.25) is 14.3 Å². The summed E-state index contributed by atoms with van der Waals surface area (Å²) >= 11 is 0. The predicted molar refractivity (Wildman–Crippen MR) is 71.8 cm³/mol. The summed E-state index contributed by atoms with van der Waals surface area (Å²) in [6.45, 7) is 1.19. The number of esters is 1. The summed E-state index contributed by atoms with van der Waals surface area (Å²) in [7, 11) is -2.91. The second-order valence-corrected chi connectivity index (χ2v) is 6.04. The van der Waals surface area contributed by atoms with Gasteiger partial charge in [0.25, 0.3) is 0 Å². The number of carbonyl (C=O) groups excluding carboxylic acids is 1. The Kier molecular flexibility index (Phi) is 5.09. The number of methoxy groups -OCH3 is 1. The molecule has 1 aromatic rings. The summed E-state index contributed by atoms with van der Waals surface area (Å²) < 4.78 is 30.6. The first kappa shape index (κ1) is 16.0. The number of sulfonamides is 1. The van der Waals surface area contributed by atoms with E-state index in [1.807, 2.05) is 0 Å². The average Bonchev–Trinajstić information content (AvgIpc) is 2.38. The van der Waals surface area contributed by atoms with Crippen LogP contribution in [0.4, 0.5) is 5.69 Å². The number of anilines is 1. The van der Waals surface area contributed by atoms with Crippen molar-refractivity contribution >= 4 is 27.6 Å². The fourth-order valence-electron chi connectivity index (χ4n) is 1.47. The Morgan fingerprint density at radius 1 is 1.35 bits per heavy atom.